The molecule has 0 aliphatic carbocycles. The molecule has 2 N–H and O–H groups in total. The van der Waals surface area contributed by atoms with E-state index in [4.69, 9.17) is 9.47 Å². The van der Waals surface area contributed by atoms with Gasteiger partial charge in [-0.15, -0.1) is 0 Å². The number of rotatable bonds is 4. The second-order valence-corrected chi connectivity index (χ2v) is 3.61. The largest absolute Gasteiger partial charge is 0.454 e. The number of aliphatic hydroxyl groups excluding tert-OH is 1. The SMILES string of the molecule is CNCC(O)c1cc2c(cc1CF)OCO2. The van der Waals surface area contributed by atoms with Crippen molar-refractivity contribution in [1.82, 2.24) is 5.32 Å². The van der Waals surface area contributed by atoms with Crippen LogP contribution in [0.5, 0.6) is 11.5 Å². The minimum atomic E-state index is -0.745. The molecule has 1 aliphatic heterocycles. The lowest BCUT2D eigenvalue weighted by Crippen LogP contribution is -2.17. The van der Waals surface area contributed by atoms with Gasteiger partial charge in [-0.05, 0) is 30.3 Å². The maximum Gasteiger partial charge on any atom is 0.231 e. The van der Waals surface area contributed by atoms with E-state index in [2.05, 4.69) is 5.32 Å². The summed E-state index contributed by atoms with van der Waals surface area (Å²) >= 11 is 0. The van der Waals surface area contributed by atoms with Gasteiger partial charge >= 0.3 is 0 Å². The average Bonchev–Trinajstić information content (AvgIpc) is 2.74. The van der Waals surface area contributed by atoms with Crippen molar-refractivity contribution in [3.63, 3.8) is 0 Å². The third-order valence-corrected chi connectivity index (χ3v) is 2.53. The molecule has 0 fully saturated rings. The number of halogens is 1. The van der Waals surface area contributed by atoms with Crippen LogP contribution in [0.25, 0.3) is 0 Å². The topological polar surface area (TPSA) is 50.7 Å². The van der Waals surface area contributed by atoms with Gasteiger partial charge in [0.15, 0.2) is 11.5 Å². The van der Waals surface area contributed by atoms with Crippen molar-refractivity contribution in [1.29, 1.82) is 0 Å². The monoisotopic (exact) mass is 227 g/mol. The number of ether oxygens (including phenoxy) is 2. The number of hydrogen-bond donors (Lipinski definition) is 2. The lowest BCUT2D eigenvalue weighted by atomic mass is 10.0. The fourth-order valence-electron chi connectivity index (χ4n) is 1.73. The fraction of sp³-hybridized carbons (Fsp3) is 0.455. The third-order valence-electron chi connectivity index (χ3n) is 2.53. The lowest BCUT2D eigenvalue weighted by molar-refractivity contribution is 0.171. The minimum absolute atomic E-state index is 0.145. The molecule has 1 atom stereocenters. The van der Waals surface area contributed by atoms with Crippen molar-refractivity contribution >= 4 is 0 Å². The summed E-state index contributed by atoms with van der Waals surface area (Å²) in [6.07, 6.45) is -0.745. The fourth-order valence-corrected chi connectivity index (χ4v) is 1.73. The molecule has 88 valence electrons. The highest BCUT2D eigenvalue weighted by molar-refractivity contribution is 5.49. The molecule has 1 unspecified atom stereocenters. The number of alkyl halides is 1. The summed E-state index contributed by atoms with van der Waals surface area (Å²) in [6, 6.07) is 3.22. The second kappa shape index (κ2) is 4.67. The highest BCUT2D eigenvalue weighted by Gasteiger charge is 2.20. The van der Waals surface area contributed by atoms with Gasteiger partial charge in [-0.25, -0.2) is 4.39 Å². The zero-order chi connectivity index (χ0) is 11.5. The van der Waals surface area contributed by atoms with Crippen LogP contribution >= 0.6 is 0 Å². The molecule has 0 saturated carbocycles. The molecule has 0 spiro atoms. The van der Waals surface area contributed by atoms with Gasteiger partial charge in [0.05, 0.1) is 6.10 Å². The Balaban J connectivity index is 2.35. The third kappa shape index (κ3) is 1.96. The van der Waals surface area contributed by atoms with Crippen molar-refractivity contribution in [2.24, 2.45) is 0 Å². The first-order valence-electron chi connectivity index (χ1n) is 5.07. The molecule has 0 saturated heterocycles. The first-order valence-corrected chi connectivity index (χ1v) is 5.07. The number of fused-ring (bicyclic) bond motifs is 1. The summed E-state index contributed by atoms with van der Waals surface area (Å²) in [5.74, 6) is 1.09. The number of hydrogen-bond acceptors (Lipinski definition) is 4. The summed E-state index contributed by atoms with van der Waals surface area (Å²) in [7, 11) is 1.73. The quantitative estimate of drug-likeness (QED) is 0.809. The van der Waals surface area contributed by atoms with Crippen LogP contribution in [-0.4, -0.2) is 25.5 Å². The van der Waals surface area contributed by atoms with Crippen molar-refractivity contribution in [3.05, 3.63) is 23.3 Å². The van der Waals surface area contributed by atoms with Gasteiger partial charge in [-0.3, -0.25) is 0 Å². The van der Waals surface area contributed by atoms with Crippen LogP contribution in [0.15, 0.2) is 12.1 Å². The first-order chi connectivity index (χ1) is 7.76. The van der Waals surface area contributed by atoms with Gasteiger partial charge in [0, 0.05) is 6.54 Å². The van der Waals surface area contributed by atoms with Gasteiger partial charge in [0.1, 0.15) is 6.67 Å². The molecule has 0 aromatic heterocycles. The van der Waals surface area contributed by atoms with E-state index in [1.54, 1.807) is 19.2 Å². The van der Waals surface area contributed by atoms with Crippen molar-refractivity contribution in [3.8, 4) is 11.5 Å². The Bertz CT molecular complexity index is 384. The zero-order valence-electron chi connectivity index (χ0n) is 9.00. The molecule has 1 aromatic carbocycles. The molecule has 0 amide bonds. The van der Waals surface area contributed by atoms with Crippen molar-refractivity contribution in [2.45, 2.75) is 12.8 Å². The summed E-state index contributed by atoms with van der Waals surface area (Å²) in [4.78, 5) is 0. The standard InChI is InChI=1S/C11H14FNO3/c1-13-5-9(14)8-3-11-10(15-6-16-11)2-7(8)4-12/h2-3,9,13-14H,4-6H2,1H3. The molecule has 5 heteroatoms. The minimum Gasteiger partial charge on any atom is -0.454 e. The molecule has 4 nitrogen and oxygen atoms in total. The van der Waals surface area contributed by atoms with Gasteiger partial charge in [0.25, 0.3) is 0 Å². The second-order valence-electron chi connectivity index (χ2n) is 3.61. The Labute approximate surface area is 93.0 Å². The molecule has 1 aliphatic rings. The number of likely N-dealkylation sites (N-methyl/N-ethyl adjacent to an activating group) is 1. The van der Waals surface area contributed by atoms with Crippen LogP contribution in [0.3, 0.4) is 0 Å². The Kier molecular flexibility index (Phi) is 3.26. The normalized spacial score (nSPS) is 15.2. The van der Waals surface area contributed by atoms with E-state index in [1.165, 1.54) is 0 Å². The Morgan fingerprint density at radius 2 is 2.12 bits per heavy atom. The van der Waals surface area contributed by atoms with E-state index in [-0.39, 0.29) is 6.79 Å². The van der Waals surface area contributed by atoms with Crippen LogP contribution in [0.1, 0.15) is 17.2 Å². The van der Waals surface area contributed by atoms with Crippen LogP contribution in [0.2, 0.25) is 0 Å². The summed E-state index contributed by atoms with van der Waals surface area (Å²) in [5, 5.41) is 12.7. The summed E-state index contributed by atoms with van der Waals surface area (Å²) in [5.41, 5.74) is 0.980. The van der Waals surface area contributed by atoms with E-state index in [1.807, 2.05) is 0 Å². The number of benzene rings is 1. The van der Waals surface area contributed by atoms with Crippen LogP contribution in [-0.2, 0) is 6.67 Å². The molecular weight excluding hydrogens is 213 g/mol. The van der Waals surface area contributed by atoms with E-state index in [0.29, 0.717) is 29.2 Å². The van der Waals surface area contributed by atoms with Crippen LogP contribution < -0.4 is 14.8 Å². The van der Waals surface area contributed by atoms with E-state index in [0.717, 1.165) is 0 Å². The smallest absolute Gasteiger partial charge is 0.231 e. The molecule has 2 rings (SSSR count). The van der Waals surface area contributed by atoms with Gasteiger partial charge in [-0.2, -0.15) is 0 Å². The Morgan fingerprint density at radius 1 is 1.44 bits per heavy atom. The van der Waals surface area contributed by atoms with E-state index < -0.39 is 12.8 Å². The number of aliphatic hydroxyl groups is 1. The van der Waals surface area contributed by atoms with Crippen molar-refractivity contribution < 1.29 is 19.0 Å². The molecule has 1 heterocycles. The predicted molar refractivity (Wildman–Crippen MR) is 56.3 cm³/mol. The van der Waals surface area contributed by atoms with E-state index in [9.17, 15) is 9.50 Å². The number of nitrogens with one attached hydrogen (secondary N) is 1. The van der Waals surface area contributed by atoms with Crippen LogP contribution in [0.4, 0.5) is 4.39 Å². The van der Waals surface area contributed by atoms with Gasteiger partial charge in [0.2, 0.25) is 6.79 Å². The summed E-state index contributed by atoms with van der Waals surface area (Å²) in [6.45, 7) is -0.119. The maximum atomic E-state index is 12.8. The zero-order valence-corrected chi connectivity index (χ0v) is 9.00. The molecule has 0 radical (unpaired) electrons. The predicted octanol–water partition coefficient (Wildman–Crippen LogP) is 1.14. The highest BCUT2D eigenvalue weighted by Crippen LogP contribution is 2.37. The Hall–Kier alpha value is -1.33. The van der Waals surface area contributed by atoms with Crippen LogP contribution in [0, 0.1) is 0 Å². The van der Waals surface area contributed by atoms with Crippen molar-refractivity contribution in [2.75, 3.05) is 20.4 Å². The first kappa shape index (κ1) is 11.2. The molecule has 0 bridgehead atoms. The van der Waals surface area contributed by atoms with E-state index >= 15 is 0 Å². The molecule has 1 aromatic rings. The lowest BCUT2D eigenvalue weighted by Gasteiger charge is -2.14. The maximum absolute atomic E-state index is 12.8. The highest BCUT2D eigenvalue weighted by atomic mass is 19.1. The summed E-state index contributed by atoms with van der Waals surface area (Å²) < 4.78 is 23.2. The Morgan fingerprint density at radius 3 is 2.75 bits per heavy atom. The average molecular weight is 227 g/mol. The van der Waals surface area contributed by atoms with Gasteiger partial charge < -0.3 is 19.9 Å². The van der Waals surface area contributed by atoms with Gasteiger partial charge in [-0.1, -0.05) is 0 Å². The molecule has 16 heavy (non-hydrogen) atoms. The molecular formula is C11H14FNO3.